The summed E-state index contributed by atoms with van der Waals surface area (Å²) in [7, 11) is -0.392. The Bertz CT molecular complexity index is 854. The van der Waals surface area contributed by atoms with Crippen LogP contribution in [0.4, 0.5) is 5.69 Å². The Balaban J connectivity index is 1.99. The number of rotatable bonds is 8. The van der Waals surface area contributed by atoms with Gasteiger partial charge in [-0.05, 0) is 50.8 Å². The minimum Gasteiger partial charge on any atom is -0.347 e. The van der Waals surface area contributed by atoms with E-state index >= 15 is 0 Å². The van der Waals surface area contributed by atoms with E-state index in [1.165, 1.54) is 6.07 Å². The van der Waals surface area contributed by atoms with Gasteiger partial charge in [-0.2, -0.15) is 0 Å². The van der Waals surface area contributed by atoms with Gasteiger partial charge >= 0.3 is 0 Å². The highest BCUT2D eigenvalue weighted by molar-refractivity contribution is 7.89. The molecule has 1 unspecified atom stereocenters. The monoisotopic (exact) mass is 412 g/mol. The minimum absolute atomic E-state index is 0.0685. The van der Waals surface area contributed by atoms with Gasteiger partial charge in [-0.25, -0.2) is 13.1 Å². The summed E-state index contributed by atoms with van der Waals surface area (Å²) >= 11 is 0. The van der Waals surface area contributed by atoms with Crippen molar-refractivity contribution in [3.63, 3.8) is 0 Å². The zero-order chi connectivity index (χ0) is 21.1. The maximum atomic E-state index is 12.6. The van der Waals surface area contributed by atoms with Crippen molar-refractivity contribution < 1.29 is 18.1 Å². The summed E-state index contributed by atoms with van der Waals surface area (Å²) in [4.78, 5) is 26.2. The summed E-state index contributed by atoms with van der Waals surface area (Å²) in [5, 5.41) is 11.0. The van der Waals surface area contributed by atoms with Crippen LogP contribution in [0.1, 0.15) is 30.4 Å². The van der Waals surface area contributed by atoms with Crippen molar-refractivity contribution >= 4 is 21.6 Å². The van der Waals surface area contributed by atoms with Gasteiger partial charge in [-0.3, -0.25) is 19.8 Å². The number of nitro groups is 1. The predicted molar refractivity (Wildman–Crippen MR) is 106 cm³/mol. The molecule has 1 amide bonds. The van der Waals surface area contributed by atoms with E-state index in [1.807, 2.05) is 0 Å². The fraction of sp³-hybridized carbons (Fsp3) is 0.611. The number of amides is 1. The smallest absolute Gasteiger partial charge is 0.271 e. The normalized spacial score (nSPS) is 17.6. The van der Waals surface area contributed by atoms with Crippen LogP contribution in [-0.4, -0.2) is 68.8 Å². The van der Waals surface area contributed by atoms with Crippen molar-refractivity contribution in [3.05, 3.63) is 33.4 Å². The van der Waals surface area contributed by atoms with E-state index in [2.05, 4.69) is 9.62 Å². The Morgan fingerprint density at radius 3 is 2.64 bits per heavy atom. The molecule has 1 atom stereocenters. The molecular formula is C18H28N4O5S. The minimum atomic E-state index is -3.86. The highest BCUT2D eigenvalue weighted by Crippen LogP contribution is 2.25. The Morgan fingerprint density at radius 1 is 1.36 bits per heavy atom. The second kappa shape index (κ2) is 8.97. The van der Waals surface area contributed by atoms with Gasteiger partial charge in [0.25, 0.3) is 5.69 Å². The zero-order valence-corrected chi connectivity index (χ0v) is 17.6. The summed E-state index contributed by atoms with van der Waals surface area (Å²) < 4.78 is 27.8. The summed E-state index contributed by atoms with van der Waals surface area (Å²) in [5.41, 5.74) is 0.802. The van der Waals surface area contributed by atoms with E-state index in [-0.39, 0.29) is 29.1 Å². The van der Waals surface area contributed by atoms with Crippen LogP contribution in [0.15, 0.2) is 17.0 Å². The Hall–Kier alpha value is -2.04. The van der Waals surface area contributed by atoms with Crippen LogP contribution in [0, 0.1) is 24.0 Å². The number of nitrogens with zero attached hydrogens (tertiary/aromatic N) is 3. The van der Waals surface area contributed by atoms with Gasteiger partial charge in [0.15, 0.2) is 0 Å². The lowest BCUT2D eigenvalue weighted by Gasteiger charge is -2.26. The van der Waals surface area contributed by atoms with Crippen LogP contribution in [0.2, 0.25) is 0 Å². The number of hydrogen-bond acceptors (Lipinski definition) is 6. The molecule has 10 heteroatoms. The lowest BCUT2D eigenvalue weighted by Crippen LogP contribution is -2.43. The fourth-order valence-corrected chi connectivity index (χ4v) is 4.84. The molecule has 1 aromatic carbocycles. The molecule has 0 aliphatic carbocycles. The number of nitrogens with one attached hydrogen (secondary N) is 1. The van der Waals surface area contributed by atoms with E-state index in [1.54, 1.807) is 32.8 Å². The Morgan fingerprint density at radius 2 is 2.04 bits per heavy atom. The van der Waals surface area contributed by atoms with Crippen molar-refractivity contribution in [3.8, 4) is 0 Å². The zero-order valence-electron chi connectivity index (χ0n) is 16.8. The summed E-state index contributed by atoms with van der Waals surface area (Å²) in [6, 6.07) is 2.31. The third-order valence-corrected chi connectivity index (χ3v) is 6.70. The van der Waals surface area contributed by atoms with Crippen LogP contribution in [0.3, 0.4) is 0 Å². The van der Waals surface area contributed by atoms with Crippen LogP contribution >= 0.6 is 0 Å². The lowest BCUT2D eigenvalue weighted by atomic mass is 10.1. The predicted octanol–water partition coefficient (Wildman–Crippen LogP) is 1.43. The lowest BCUT2D eigenvalue weighted by molar-refractivity contribution is -0.385. The number of likely N-dealkylation sites (tertiary alicyclic amines) is 1. The fourth-order valence-electron chi connectivity index (χ4n) is 3.43. The van der Waals surface area contributed by atoms with Gasteiger partial charge < -0.3 is 4.90 Å². The van der Waals surface area contributed by atoms with Crippen molar-refractivity contribution in [2.75, 3.05) is 33.7 Å². The number of likely N-dealkylation sites (N-methyl/N-ethyl adjacent to an activating group) is 1. The Labute approximate surface area is 165 Å². The second-order valence-electron chi connectivity index (χ2n) is 7.32. The molecule has 1 aromatic rings. The molecule has 28 heavy (non-hydrogen) atoms. The summed E-state index contributed by atoms with van der Waals surface area (Å²) in [5.74, 6) is 0.0702. The molecule has 1 aliphatic rings. The number of sulfonamides is 1. The first-order chi connectivity index (χ1) is 13.0. The van der Waals surface area contributed by atoms with E-state index in [9.17, 15) is 23.3 Å². The number of carbonyl (C=O) groups excluding carboxylic acids is 1. The third kappa shape index (κ3) is 5.06. The number of aryl methyl sites for hydroxylation is 1. The third-order valence-electron chi connectivity index (χ3n) is 5.11. The number of benzene rings is 1. The molecule has 2 rings (SSSR count). The van der Waals surface area contributed by atoms with Gasteiger partial charge in [0, 0.05) is 39.3 Å². The molecule has 1 aliphatic heterocycles. The van der Waals surface area contributed by atoms with E-state index in [0.717, 1.165) is 25.5 Å². The van der Waals surface area contributed by atoms with Gasteiger partial charge in [-0.15, -0.1) is 0 Å². The molecule has 1 saturated heterocycles. The summed E-state index contributed by atoms with van der Waals surface area (Å²) in [6.07, 6.45) is 2.31. The van der Waals surface area contributed by atoms with Gasteiger partial charge in [0.2, 0.25) is 15.9 Å². The number of hydrogen-bond donors (Lipinski definition) is 1. The molecule has 156 valence electrons. The largest absolute Gasteiger partial charge is 0.347 e. The topological polar surface area (TPSA) is 113 Å². The van der Waals surface area contributed by atoms with Gasteiger partial charge in [0.1, 0.15) is 0 Å². The number of carbonyl (C=O) groups is 1. The highest BCUT2D eigenvalue weighted by Gasteiger charge is 2.31. The Kier molecular flexibility index (Phi) is 7.13. The van der Waals surface area contributed by atoms with E-state index in [0.29, 0.717) is 24.1 Å². The van der Waals surface area contributed by atoms with Crippen molar-refractivity contribution in [1.29, 1.82) is 0 Å². The van der Waals surface area contributed by atoms with E-state index < -0.39 is 14.9 Å². The van der Waals surface area contributed by atoms with Crippen LogP contribution < -0.4 is 4.72 Å². The van der Waals surface area contributed by atoms with Crippen molar-refractivity contribution in [2.24, 2.45) is 0 Å². The molecular weight excluding hydrogens is 384 g/mol. The molecule has 1 N–H and O–H groups in total. The number of nitro benzene ring substituents is 1. The average Bonchev–Trinajstić information content (AvgIpc) is 3.08. The molecule has 0 saturated carbocycles. The molecule has 9 nitrogen and oxygen atoms in total. The number of non-ortho nitro benzene ring substituents is 1. The second-order valence-corrected chi connectivity index (χ2v) is 9.06. The molecule has 0 bridgehead atoms. The quantitative estimate of drug-likeness (QED) is 0.393. The molecule has 1 heterocycles. The first-order valence-electron chi connectivity index (χ1n) is 9.25. The van der Waals surface area contributed by atoms with Gasteiger partial charge in [-0.1, -0.05) is 0 Å². The van der Waals surface area contributed by atoms with E-state index in [4.69, 9.17) is 0 Å². The first-order valence-corrected chi connectivity index (χ1v) is 10.7. The summed E-state index contributed by atoms with van der Waals surface area (Å²) in [6.45, 7) is 4.91. The molecule has 0 aromatic heterocycles. The first kappa shape index (κ1) is 22.3. The van der Waals surface area contributed by atoms with Crippen molar-refractivity contribution in [2.45, 2.75) is 44.0 Å². The SMILES string of the molecule is Cc1cc([N+](=O)[O-])cc(S(=O)(=O)NCCCN2CCCC2C(=O)N(C)C)c1C. The van der Waals surface area contributed by atoms with Crippen molar-refractivity contribution in [1.82, 2.24) is 14.5 Å². The molecule has 1 fully saturated rings. The van der Waals surface area contributed by atoms with Crippen LogP contribution in [-0.2, 0) is 14.8 Å². The maximum absolute atomic E-state index is 12.6. The average molecular weight is 413 g/mol. The standard InChI is InChI=1S/C18H28N4O5S/c1-13-11-15(22(24)25)12-17(14(13)2)28(26,27)19-8-6-10-21-9-5-7-16(21)18(23)20(3)4/h11-12,16,19H,5-10H2,1-4H3. The molecule has 0 spiro atoms. The highest BCUT2D eigenvalue weighted by atomic mass is 32.2. The van der Waals surface area contributed by atoms with Gasteiger partial charge in [0.05, 0.1) is 15.9 Å². The maximum Gasteiger partial charge on any atom is 0.271 e. The van der Waals surface area contributed by atoms with Crippen LogP contribution in [0.5, 0.6) is 0 Å². The molecule has 0 radical (unpaired) electrons. The van der Waals surface area contributed by atoms with Crippen LogP contribution in [0.25, 0.3) is 0 Å².